The first kappa shape index (κ1) is 17.3. The highest BCUT2D eigenvalue weighted by molar-refractivity contribution is 5.84. The van der Waals surface area contributed by atoms with E-state index in [9.17, 15) is 9.59 Å². The summed E-state index contributed by atoms with van der Waals surface area (Å²) in [5, 5.41) is 3.10. The van der Waals surface area contributed by atoms with Crippen LogP contribution in [0.15, 0.2) is 24.3 Å². The van der Waals surface area contributed by atoms with Gasteiger partial charge in [-0.2, -0.15) is 0 Å². The molecule has 5 rings (SSSR count). The Labute approximate surface area is 161 Å². The number of hydrogen-bond donors (Lipinski definition) is 1. The van der Waals surface area contributed by atoms with Gasteiger partial charge in [0.1, 0.15) is 0 Å². The third-order valence-corrected chi connectivity index (χ3v) is 7.64. The molecule has 1 aromatic rings. The van der Waals surface area contributed by atoms with Crippen LogP contribution in [-0.2, 0) is 20.4 Å². The zero-order chi connectivity index (χ0) is 19.0. The summed E-state index contributed by atoms with van der Waals surface area (Å²) >= 11 is 0. The van der Waals surface area contributed by atoms with Gasteiger partial charge in [0.05, 0.1) is 0 Å². The molecule has 4 fully saturated rings. The monoisotopic (exact) mass is 366 g/mol. The van der Waals surface area contributed by atoms with Crippen molar-refractivity contribution in [2.75, 3.05) is 13.1 Å². The van der Waals surface area contributed by atoms with Crippen molar-refractivity contribution in [3.63, 3.8) is 0 Å². The SMILES string of the molecule is CC(C)(C)c1ccc([C@]23C[C@H]2CN(C(=O)[C@H]2C[C@]4(CCC(=O)N4)C2)C3)cc1. The van der Waals surface area contributed by atoms with Gasteiger partial charge in [-0.3, -0.25) is 9.59 Å². The van der Waals surface area contributed by atoms with Gasteiger partial charge in [-0.15, -0.1) is 0 Å². The molecule has 1 aromatic carbocycles. The highest BCUT2D eigenvalue weighted by atomic mass is 16.2. The van der Waals surface area contributed by atoms with E-state index in [-0.39, 0.29) is 28.2 Å². The summed E-state index contributed by atoms with van der Waals surface area (Å²) in [6.45, 7) is 8.52. The van der Waals surface area contributed by atoms with Gasteiger partial charge in [-0.1, -0.05) is 45.0 Å². The van der Waals surface area contributed by atoms with Crippen LogP contribution in [0.1, 0.15) is 64.0 Å². The lowest BCUT2D eigenvalue weighted by molar-refractivity contribution is -0.141. The lowest BCUT2D eigenvalue weighted by Crippen LogP contribution is -2.56. The molecule has 2 aliphatic heterocycles. The van der Waals surface area contributed by atoms with E-state index in [2.05, 4.69) is 55.3 Å². The number of piperidine rings is 1. The first-order valence-electron chi connectivity index (χ1n) is 10.4. The van der Waals surface area contributed by atoms with E-state index in [4.69, 9.17) is 0 Å². The van der Waals surface area contributed by atoms with Crippen LogP contribution in [0.25, 0.3) is 0 Å². The molecule has 0 aromatic heterocycles. The number of likely N-dealkylation sites (tertiary alicyclic amines) is 1. The lowest BCUT2D eigenvalue weighted by Gasteiger charge is -2.45. The molecule has 144 valence electrons. The third kappa shape index (κ3) is 2.63. The molecule has 2 heterocycles. The van der Waals surface area contributed by atoms with Gasteiger partial charge in [-0.25, -0.2) is 0 Å². The second-order valence-corrected chi connectivity index (χ2v) is 10.5. The lowest BCUT2D eigenvalue weighted by atomic mass is 9.67. The molecule has 4 nitrogen and oxygen atoms in total. The van der Waals surface area contributed by atoms with E-state index < -0.39 is 0 Å². The van der Waals surface area contributed by atoms with Crippen LogP contribution in [0.3, 0.4) is 0 Å². The van der Waals surface area contributed by atoms with Crippen LogP contribution < -0.4 is 5.32 Å². The van der Waals surface area contributed by atoms with Crippen molar-refractivity contribution in [1.82, 2.24) is 10.2 Å². The van der Waals surface area contributed by atoms with Crippen LogP contribution in [0.5, 0.6) is 0 Å². The van der Waals surface area contributed by atoms with Crippen LogP contribution >= 0.6 is 0 Å². The first-order chi connectivity index (χ1) is 12.7. The summed E-state index contributed by atoms with van der Waals surface area (Å²) < 4.78 is 0. The van der Waals surface area contributed by atoms with E-state index in [1.807, 2.05) is 0 Å². The molecular formula is C23H30N2O2. The van der Waals surface area contributed by atoms with Crippen LogP contribution in [-0.4, -0.2) is 35.3 Å². The Hall–Kier alpha value is -1.84. The molecule has 2 saturated heterocycles. The van der Waals surface area contributed by atoms with Gasteiger partial charge in [0.15, 0.2) is 0 Å². The number of fused-ring (bicyclic) bond motifs is 1. The van der Waals surface area contributed by atoms with Gasteiger partial charge in [0, 0.05) is 36.4 Å². The zero-order valence-electron chi connectivity index (χ0n) is 16.7. The summed E-state index contributed by atoms with van der Waals surface area (Å²) in [4.78, 5) is 26.6. The molecule has 1 spiro atoms. The maximum Gasteiger partial charge on any atom is 0.225 e. The second kappa shape index (κ2) is 5.36. The Morgan fingerprint density at radius 1 is 1.15 bits per heavy atom. The highest BCUT2D eigenvalue weighted by Gasteiger charge is 2.63. The van der Waals surface area contributed by atoms with Crippen molar-refractivity contribution in [1.29, 1.82) is 0 Å². The fourth-order valence-electron chi connectivity index (χ4n) is 5.80. The van der Waals surface area contributed by atoms with Gasteiger partial charge in [0.2, 0.25) is 11.8 Å². The number of amides is 2. The van der Waals surface area contributed by atoms with Crippen molar-refractivity contribution in [2.24, 2.45) is 11.8 Å². The molecule has 0 radical (unpaired) electrons. The predicted molar refractivity (Wildman–Crippen MR) is 104 cm³/mol. The average molecular weight is 367 g/mol. The van der Waals surface area contributed by atoms with E-state index in [1.54, 1.807) is 0 Å². The van der Waals surface area contributed by atoms with Crippen molar-refractivity contribution in [3.05, 3.63) is 35.4 Å². The maximum absolute atomic E-state index is 13.0. The minimum Gasteiger partial charge on any atom is -0.351 e. The average Bonchev–Trinajstić information content (AvgIpc) is 2.96. The summed E-state index contributed by atoms with van der Waals surface area (Å²) in [5.74, 6) is 1.21. The van der Waals surface area contributed by atoms with Gasteiger partial charge in [0.25, 0.3) is 0 Å². The fraction of sp³-hybridized carbons (Fsp3) is 0.652. The van der Waals surface area contributed by atoms with Gasteiger partial charge >= 0.3 is 0 Å². The number of carbonyl (C=O) groups excluding carboxylic acids is 2. The Kier molecular flexibility index (Phi) is 3.43. The number of nitrogens with one attached hydrogen (secondary N) is 1. The molecule has 4 aliphatic rings. The van der Waals surface area contributed by atoms with E-state index in [0.717, 1.165) is 32.4 Å². The largest absolute Gasteiger partial charge is 0.351 e. The molecule has 2 saturated carbocycles. The normalized spacial score (nSPS) is 37.1. The van der Waals surface area contributed by atoms with Crippen LogP contribution in [0.2, 0.25) is 0 Å². The standard InChI is InChI=1S/C23H30N2O2/c1-21(2,3)16-4-6-17(7-5-16)23-12-18(23)13-25(14-23)20(27)15-10-22(11-15)9-8-19(26)24-22/h4-7,15,18H,8-14H2,1-3H3,(H,24,26)/t15-,18-,22+,23+/m0/s1. The van der Waals surface area contributed by atoms with Gasteiger partial charge in [-0.05, 0) is 48.1 Å². The second-order valence-electron chi connectivity index (χ2n) is 10.5. The molecule has 4 heteroatoms. The first-order valence-corrected chi connectivity index (χ1v) is 10.4. The molecule has 2 atom stereocenters. The number of carbonyl (C=O) groups is 2. The third-order valence-electron chi connectivity index (χ3n) is 7.64. The molecule has 0 unspecified atom stereocenters. The van der Waals surface area contributed by atoms with Crippen molar-refractivity contribution >= 4 is 11.8 Å². The van der Waals surface area contributed by atoms with Crippen LogP contribution in [0.4, 0.5) is 0 Å². The molecule has 2 amide bonds. The van der Waals surface area contributed by atoms with Crippen molar-refractivity contribution in [2.45, 2.75) is 69.2 Å². The van der Waals surface area contributed by atoms with E-state index >= 15 is 0 Å². The Bertz CT molecular complexity index is 801. The Balaban J connectivity index is 1.24. The summed E-state index contributed by atoms with van der Waals surface area (Å²) in [5.41, 5.74) is 3.09. The highest BCUT2D eigenvalue weighted by Crippen LogP contribution is 2.59. The molecule has 27 heavy (non-hydrogen) atoms. The number of hydrogen-bond acceptors (Lipinski definition) is 2. The Morgan fingerprint density at radius 2 is 1.85 bits per heavy atom. The van der Waals surface area contributed by atoms with Crippen LogP contribution in [0, 0.1) is 11.8 Å². The van der Waals surface area contributed by atoms with Crippen molar-refractivity contribution < 1.29 is 9.59 Å². The quantitative estimate of drug-likeness (QED) is 0.874. The van der Waals surface area contributed by atoms with Crippen molar-refractivity contribution in [3.8, 4) is 0 Å². The number of rotatable bonds is 2. The molecule has 1 N–H and O–H groups in total. The predicted octanol–water partition coefficient (Wildman–Crippen LogP) is 3.14. The fourth-order valence-corrected chi connectivity index (χ4v) is 5.80. The molecular weight excluding hydrogens is 336 g/mol. The summed E-state index contributed by atoms with van der Waals surface area (Å²) in [6.07, 6.45) is 4.43. The van der Waals surface area contributed by atoms with E-state index in [0.29, 0.717) is 18.2 Å². The summed E-state index contributed by atoms with van der Waals surface area (Å²) in [7, 11) is 0. The van der Waals surface area contributed by atoms with E-state index in [1.165, 1.54) is 17.5 Å². The topological polar surface area (TPSA) is 49.4 Å². The number of nitrogens with zero attached hydrogens (tertiary/aromatic N) is 1. The maximum atomic E-state index is 13.0. The Morgan fingerprint density at radius 3 is 2.44 bits per heavy atom. The summed E-state index contributed by atoms with van der Waals surface area (Å²) in [6, 6.07) is 9.12. The minimum absolute atomic E-state index is 0.0550. The minimum atomic E-state index is -0.0550. The van der Waals surface area contributed by atoms with Gasteiger partial charge < -0.3 is 10.2 Å². The smallest absolute Gasteiger partial charge is 0.225 e. The molecule has 0 bridgehead atoms. The zero-order valence-corrected chi connectivity index (χ0v) is 16.7. The number of benzene rings is 1. The molecule has 2 aliphatic carbocycles.